The Kier molecular flexibility index (Phi) is 4.82. The van der Waals surface area contributed by atoms with Gasteiger partial charge in [-0.05, 0) is 50.4 Å². The molecule has 2 N–H and O–H groups in total. The standard InChI is InChI=1S/C17H24FN3O2/c1-13-4-5-14(18)10-15(13)20-16(22)21-8-9-23-17(12-21)6-2-3-7-19-11-17/h4-5,10,19H,2-3,6-9,11-12H2,1H3,(H,20,22). The molecule has 0 aromatic heterocycles. The highest BCUT2D eigenvalue weighted by Gasteiger charge is 2.38. The van der Waals surface area contributed by atoms with E-state index in [0.29, 0.717) is 25.4 Å². The topological polar surface area (TPSA) is 53.6 Å². The molecule has 2 aliphatic rings. The van der Waals surface area contributed by atoms with Crippen molar-refractivity contribution in [2.75, 3.05) is 38.1 Å². The molecule has 23 heavy (non-hydrogen) atoms. The normalized spacial score (nSPS) is 25.2. The molecule has 2 aliphatic heterocycles. The number of morpholine rings is 1. The molecule has 1 aromatic rings. The van der Waals surface area contributed by atoms with Crippen molar-refractivity contribution in [3.63, 3.8) is 0 Å². The fourth-order valence-corrected chi connectivity index (χ4v) is 3.30. The molecule has 2 heterocycles. The summed E-state index contributed by atoms with van der Waals surface area (Å²) in [5, 5.41) is 6.23. The molecule has 2 amide bonds. The number of rotatable bonds is 1. The van der Waals surface area contributed by atoms with Gasteiger partial charge in [-0.15, -0.1) is 0 Å². The quantitative estimate of drug-likeness (QED) is 0.836. The number of halogens is 1. The summed E-state index contributed by atoms with van der Waals surface area (Å²) in [7, 11) is 0. The van der Waals surface area contributed by atoms with Crippen molar-refractivity contribution in [1.82, 2.24) is 10.2 Å². The average molecular weight is 321 g/mol. The third kappa shape index (κ3) is 3.82. The van der Waals surface area contributed by atoms with Gasteiger partial charge >= 0.3 is 6.03 Å². The SMILES string of the molecule is Cc1ccc(F)cc1NC(=O)N1CCOC2(CCCCNC2)C1. The number of nitrogens with zero attached hydrogens (tertiary/aromatic N) is 1. The number of aryl methyl sites for hydroxylation is 1. The molecular weight excluding hydrogens is 297 g/mol. The van der Waals surface area contributed by atoms with Crippen molar-refractivity contribution < 1.29 is 13.9 Å². The van der Waals surface area contributed by atoms with E-state index in [1.807, 2.05) is 6.92 Å². The molecule has 1 unspecified atom stereocenters. The first-order valence-corrected chi connectivity index (χ1v) is 8.25. The number of anilines is 1. The minimum Gasteiger partial charge on any atom is -0.370 e. The zero-order chi connectivity index (χ0) is 16.3. The van der Waals surface area contributed by atoms with Gasteiger partial charge in [-0.25, -0.2) is 9.18 Å². The molecule has 2 fully saturated rings. The molecule has 0 saturated carbocycles. The molecule has 1 aromatic carbocycles. The van der Waals surface area contributed by atoms with Crippen LogP contribution < -0.4 is 10.6 Å². The molecule has 0 aliphatic carbocycles. The second kappa shape index (κ2) is 6.84. The molecule has 1 atom stereocenters. The Morgan fingerprint density at radius 3 is 3.17 bits per heavy atom. The van der Waals surface area contributed by atoms with Crippen molar-refractivity contribution in [3.8, 4) is 0 Å². The minimum absolute atomic E-state index is 0.189. The first-order chi connectivity index (χ1) is 11.1. The Labute approximate surface area is 136 Å². The van der Waals surface area contributed by atoms with Gasteiger partial charge in [0.05, 0.1) is 18.8 Å². The third-order valence-electron chi connectivity index (χ3n) is 4.66. The number of ether oxygens (including phenoxy) is 1. The molecular formula is C17H24FN3O2. The Hall–Kier alpha value is -1.66. The van der Waals surface area contributed by atoms with E-state index >= 15 is 0 Å². The number of urea groups is 1. The van der Waals surface area contributed by atoms with E-state index < -0.39 is 0 Å². The highest BCUT2D eigenvalue weighted by Crippen LogP contribution is 2.26. The number of amides is 2. The smallest absolute Gasteiger partial charge is 0.322 e. The van der Waals surface area contributed by atoms with Crippen molar-refractivity contribution in [2.45, 2.75) is 31.8 Å². The lowest BCUT2D eigenvalue weighted by Gasteiger charge is -2.42. The van der Waals surface area contributed by atoms with Crippen LogP contribution in [0, 0.1) is 12.7 Å². The number of benzene rings is 1. The number of carbonyl (C=O) groups excluding carboxylic acids is 1. The molecule has 126 valence electrons. The summed E-state index contributed by atoms with van der Waals surface area (Å²) in [4.78, 5) is 14.3. The van der Waals surface area contributed by atoms with Crippen molar-refractivity contribution in [1.29, 1.82) is 0 Å². The summed E-state index contributed by atoms with van der Waals surface area (Å²) in [5.41, 5.74) is 1.08. The predicted octanol–water partition coefficient (Wildman–Crippen LogP) is 2.51. The maximum Gasteiger partial charge on any atom is 0.322 e. The Morgan fingerprint density at radius 1 is 1.43 bits per heavy atom. The largest absolute Gasteiger partial charge is 0.370 e. The summed E-state index contributed by atoms with van der Waals surface area (Å²) >= 11 is 0. The monoisotopic (exact) mass is 321 g/mol. The Balaban J connectivity index is 1.68. The zero-order valence-corrected chi connectivity index (χ0v) is 13.5. The van der Waals surface area contributed by atoms with Gasteiger partial charge in [0.25, 0.3) is 0 Å². The molecule has 0 radical (unpaired) electrons. The van der Waals surface area contributed by atoms with Gasteiger partial charge in [0, 0.05) is 18.8 Å². The van der Waals surface area contributed by atoms with E-state index in [4.69, 9.17) is 4.74 Å². The molecule has 3 rings (SSSR count). The number of hydrogen-bond donors (Lipinski definition) is 2. The fraction of sp³-hybridized carbons (Fsp3) is 0.588. The third-order valence-corrected chi connectivity index (χ3v) is 4.66. The molecule has 5 nitrogen and oxygen atoms in total. The lowest BCUT2D eigenvalue weighted by molar-refractivity contribution is -0.0966. The van der Waals surface area contributed by atoms with Gasteiger partial charge in [-0.3, -0.25) is 0 Å². The highest BCUT2D eigenvalue weighted by molar-refractivity contribution is 5.90. The lowest BCUT2D eigenvalue weighted by atomic mass is 9.95. The Morgan fingerprint density at radius 2 is 2.30 bits per heavy atom. The second-order valence-corrected chi connectivity index (χ2v) is 6.48. The maximum absolute atomic E-state index is 13.4. The van der Waals surface area contributed by atoms with Crippen LogP contribution in [0.15, 0.2) is 18.2 Å². The average Bonchev–Trinajstić information content (AvgIpc) is 2.76. The second-order valence-electron chi connectivity index (χ2n) is 6.48. The van der Waals surface area contributed by atoms with Crippen LogP contribution in [0.5, 0.6) is 0 Å². The zero-order valence-electron chi connectivity index (χ0n) is 13.5. The molecule has 1 spiro atoms. The van der Waals surface area contributed by atoms with Crippen molar-refractivity contribution >= 4 is 11.7 Å². The van der Waals surface area contributed by atoms with Crippen LogP contribution in [0.4, 0.5) is 14.9 Å². The summed E-state index contributed by atoms with van der Waals surface area (Å²) < 4.78 is 19.4. The number of nitrogens with one attached hydrogen (secondary N) is 2. The number of carbonyl (C=O) groups is 1. The maximum atomic E-state index is 13.4. The predicted molar refractivity (Wildman–Crippen MR) is 87.1 cm³/mol. The van der Waals surface area contributed by atoms with Crippen LogP contribution >= 0.6 is 0 Å². The first kappa shape index (κ1) is 16.2. The number of hydrogen-bond acceptors (Lipinski definition) is 3. The summed E-state index contributed by atoms with van der Waals surface area (Å²) in [6.45, 7) is 5.29. The highest BCUT2D eigenvalue weighted by atomic mass is 19.1. The van der Waals surface area contributed by atoms with Crippen LogP contribution in [0.25, 0.3) is 0 Å². The van der Waals surface area contributed by atoms with E-state index in [1.165, 1.54) is 12.1 Å². The summed E-state index contributed by atoms with van der Waals surface area (Å²) in [5.74, 6) is -0.350. The van der Waals surface area contributed by atoms with E-state index in [-0.39, 0.29) is 17.4 Å². The molecule has 2 saturated heterocycles. The lowest BCUT2D eigenvalue weighted by Crippen LogP contribution is -2.58. The van der Waals surface area contributed by atoms with Gasteiger partial charge in [0.2, 0.25) is 0 Å². The summed E-state index contributed by atoms with van der Waals surface area (Å²) in [6.07, 6.45) is 3.20. The van der Waals surface area contributed by atoms with Gasteiger partial charge in [0.15, 0.2) is 0 Å². The van der Waals surface area contributed by atoms with Gasteiger partial charge in [-0.2, -0.15) is 0 Å². The molecule has 0 bridgehead atoms. The van der Waals surface area contributed by atoms with Gasteiger partial charge in [0.1, 0.15) is 5.82 Å². The van der Waals surface area contributed by atoms with Crippen molar-refractivity contribution in [2.24, 2.45) is 0 Å². The first-order valence-electron chi connectivity index (χ1n) is 8.25. The van der Waals surface area contributed by atoms with Gasteiger partial charge < -0.3 is 20.3 Å². The van der Waals surface area contributed by atoms with Crippen molar-refractivity contribution in [3.05, 3.63) is 29.6 Å². The van der Waals surface area contributed by atoms with Crippen LogP contribution in [-0.2, 0) is 4.74 Å². The van der Waals surface area contributed by atoms with Crippen LogP contribution in [0.3, 0.4) is 0 Å². The molecule has 6 heteroatoms. The van der Waals surface area contributed by atoms with E-state index in [9.17, 15) is 9.18 Å². The fourth-order valence-electron chi connectivity index (χ4n) is 3.30. The minimum atomic E-state index is -0.350. The van der Waals surface area contributed by atoms with Crippen LogP contribution in [-0.4, -0.2) is 49.3 Å². The van der Waals surface area contributed by atoms with E-state index in [1.54, 1.807) is 11.0 Å². The van der Waals surface area contributed by atoms with E-state index in [2.05, 4.69) is 10.6 Å². The van der Waals surface area contributed by atoms with Crippen LogP contribution in [0.1, 0.15) is 24.8 Å². The summed E-state index contributed by atoms with van der Waals surface area (Å²) in [6, 6.07) is 4.23. The van der Waals surface area contributed by atoms with E-state index in [0.717, 1.165) is 37.9 Å². The Bertz CT molecular complexity index is 571. The van der Waals surface area contributed by atoms with Crippen LogP contribution in [0.2, 0.25) is 0 Å². The van der Waals surface area contributed by atoms with Gasteiger partial charge in [-0.1, -0.05) is 6.07 Å².